The number of anilines is 1. The lowest BCUT2D eigenvalue weighted by molar-refractivity contribution is -0.137. The fourth-order valence-electron chi connectivity index (χ4n) is 1.87. The number of carbonyl (C=O) groups is 1. The maximum atomic E-state index is 12.6. The topological polar surface area (TPSA) is 42.2 Å². The van der Waals surface area contributed by atoms with E-state index in [2.05, 4.69) is 5.32 Å². The molecule has 0 saturated heterocycles. The summed E-state index contributed by atoms with van der Waals surface area (Å²) < 4.78 is 43.1. The third kappa shape index (κ3) is 4.00. The van der Waals surface area contributed by atoms with Gasteiger partial charge in [0.25, 0.3) is 0 Å². The molecule has 1 heterocycles. The number of ketones is 1. The van der Waals surface area contributed by atoms with Crippen LogP contribution >= 0.6 is 0 Å². The van der Waals surface area contributed by atoms with Crippen molar-refractivity contribution in [2.75, 3.05) is 5.32 Å². The molecule has 0 radical (unpaired) electrons. The second-order valence-corrected chi connectivity index (χ2v) is 4.81. The highest BCUT2D eigenvalue weighted by atomic mass is 19.4. The van der Waals surface area contributed by atoms with Gasteiger partial charge in [-0.25, -0.2) is 0 Å². The minimum Gasteiger partial charge on any atom is -0.458 e. The highest BCUT2D eigenvalue weighted by Crippen LogP contribution is 2.30. The van der Waals surface area contributed by atoms with Crippen LogP contribution in [0.15, 0.2) is 52.6 Å². The first-order chi connectivity index (χ1) is 10.3. The van der Waals surface area contributed by atoms with Crippen LogP contribution in [0, 0.1) is 6.92 Å². The second-order valence-electron chi connectivity index (χ2n) is 4.81. The molecule has 1 N–H and O–H groups in total. The van der Waals surface area contributed by atoms with Crippen molar-refractivity contribution < 1.29 is 22.4 Å². The molecule has 1 aromatic heterocycles. The van der Waals surface area contributed by atoms with Crippen LogP contribution in [-0.2, 0) is 6.18 Å². The molecule has 2 aromatic rings. The Kier molecular flexibility index (Phi) is 4.40. The van der Waals surface area contributed by atoms with E-state index in [0.29, 0.717) is 11.5 Å². The van der Waals surface area contributed by atoms with Crippen molar-refractivity contribution in [1.82, 2.24) is 0 Å². The van der Waals surface area contributed by atoms with Crippen LogP contribution in [0.5, 0.6) is 0 Å². The number of nitrogens with one attached hydrogen (secondary N) is 1. The summed E-state index contributed by atoms with van der Waals surface area (Å²) in [4.78, 5) is 11.9. The molecule has 0 aliphatic carbocycles. The van der Waals surface area contributed by atoms with Gasteiger partial charge in [0.1, 0.15) is 5.76 Å². The molecule has 3 nitrogen and oxygen atoms in total. The Labute approximate surface area is 125 Å². The lowest BCUT2D eigenvalue weighted by atomic mass is 10.2. The zero-order valence-electron chi connectivity index (χ0n) is 12.0. The number of halogens is 3. The zero-order valence-corrected chi connectivity index (χ0v) is 12.0. The number of benzene rings is 1. The fourth-order valence-corrected chi connectivity index (χ4v) is 1.87. The van der Waals surface area contributed by atoms with Crippen LogP contribution < -0.4 is 5.32 Å². The van der Waals surface area contributed by atoms with Crippen LogP contribution in [0.3, 0.4) is 0 Å². The first-order valence-electron chi connectivity index (χ1n) is 6.49. The molecular formula is C16H14F3NO2. The van der Waals surface area contributed by atoms with Crippen molar-refractivity contribution in [3.05, 3.63) is 65.3 Å². The molecule has 0 bridgehead atoms. The molecule has 116 valence electrons. The summed E-state index contributed by atoms with van der Waals surface area (Å²) >= 11 is 0. The normalized spacial score (nSPS) is 12.3. The van der Waals surface area contributed by atoms with Crippen molar-refractivity contribution in [2.24, 2.45) is 0 Å². The van der Waals surface area contributed by atoms with Crippen LogP contribution in [0.1, 0.15) is 28.8 Å². The van der Waals surface area contributed by atoms with E-state index in [1.54, 1.807) is 26.0 Å². The summed E-state index contributed by atoms with van der Waals surface area (Å²) in [5, 5.41) is 2.76. The molecule has 0 saturated carbocycles. The van der Waals surface area contributed by atoms with Crippen molar-refractivity contribution in [3.63, 3.8) is 0 Å². The third-order valence-electron chi connectivity index (χ3n) is 2.86. The Balaban J connectivity index is 2.13. The van der Waals surface area contributed by atoms with E-state index in [9.17, 15) is 18.0 Å². The zero-order chi connectivity index (χ0) is 16.3. The predicted molar refractivity (Wildman–Crippen MR) is 76.6 cm³/mol. The average molecular weight is 309 g/mol. The van der Waals surface area contributed by atoms with Gasteiger partial charge in [-0.1, -0.05) is 6.07 Å². The van der Waals surface area contributed by atoms with Gasteiger partial charge in [-0.15, -0.1) is 0 Å². The van der Waals surface area contributed by atoms with Crippen LogP contribution in [0.4, 0.5) is 18.9 Å². The number of aryl methyl sites for hydroxylation is 1. The highest BCUT2D eigenvalue weighted by Gasteiger charge is 2.30. The number of furan rings is 1. The molecule has 0 atom stereocenters. The number of carbonyl (C=O) groups excluding carboxylic acids is 1. The molecule has 0 amide bonds. The smallest absolute Gasteiger partial charge is 0.416 e. The number of allylic oxidation sites excluding steroid dienone is 2. The van der Waals surface area contributed by atoms with E-state index >= 15 is 0 Å². The van der Waals surface area contributed by atoms with Gasteiger partial charge < -0.3 is 9.73 Å². The number of hydrogen-bond donors (Lipinski definition) is 1. The van der Waals surface area contributed by atoms with Crippen LogP contribution in [0.25, 0.3) is 0 Å². The molecular weight excluding hydrogens is 295 g/mol. The van der Waals surface area contributed by atoms with Gasteiger partial charge >= 0.3 is 6.18 Å². The largest absolute Gasteiger partial charge is 0.458 e. The number of hydrogen-bond acceptors (Lipinski definition) is 3. The van der Waals surface area contributed by atoms with E-state index < -0.39 is 11.7 Å². The third-order valence-corrected chi connectivity index (χ3v) is 2.86. The summed E-state index contributed by atoms with van der Waals surface area (Å²) in [5.74, 6) is 0.438. The van der Waals surface area contributed by atoms with Crippen molar-refractivity contribution in [2.45, 2.75) is 20.0 Å². The Bertz CT molecular complexity index is 714. The summed E-state index contributed by atoms with van der Waals surface area (Å²) in [6.07, 6.45) is -3.13. The lowest BCUT2D eigenvalue weighted by Crippen LogP contribution is -2.06. The molecule has 0 unspecified atom stereocenters. The van der Waals surface area contributed by atoms with E-state index in [-0.39, 0.29) is 17.2 Å². The molecule has 0 aliphatic heterocycles. The second kappa shape index (κ2) is 6.09. The molecule has 0 fully saturated rings. The predicted octanol–water partition coefficient (Wildman–Crippen LogP) is 4.81. The maximum Gasteiger partial charge on any atom is 0.416 e. The molecule has 1 aromatic carbocycles. The Morgan fingerprint density at radius 3 is 2.55 bits per heavy atom. The Morgan fingerprint density at radius 1 is 1.23 bits per heavy atom. The van der Waals surface area contributed by atoms with Gasteiger partial charge in [0.15, 0.2) is 5.76 Å². The average Bonchev–Trinajstić information content (AvgIpc) is 2.84. The van der Waals surface area contributed by atoms with Gasteiger partial charge in [-0.2, -0.15) is 13.2 Å². The molecule has 6 heteroatoms. The highest BCUT2D eigenvalue weighted by molar-refractivity contribution is 6.03. The molecule has 2 rings (SSSR count). The van der Waals surface area contributed by atoms with E-state index in [1.165, 1.54) is 18.2 Å². The first kappa shape index (κ1) is 15.9. The fraction of sp³-hybridized carbons (Fsp3) is 0.188. The van der Waals surface area contributed by atoms with Crippen LogP contribution in [-0.4, -0.2) is 5.78 Å². The molecule has 22 heavy (non-hydrogen) atoms. The molecule has 0 aliphatic rings. The first-order valence-corrected chi connectivity index (χ1v) is 6.49. The van der Waals surface area contributed by atoms with Crippen molar-refractivity contribution >= 4 is 11.5 Å². The summed E-state index contributed by atoms with van der Waals surface area (Å²) in [6, 6.07) is 7.98. The summed E-state index contributed by atoms with van der Waals surface area (Å²) in [6.45, 7) is 3.31. The summed E-state index contributed by atoms with van der Waals surface area (Å²) in [5.41, 5.74) is -0.0799. The SMILES string of the molecule is C/C(=C\C(=O)c1ccc(C)o1)Nc1cccc(C(F)(F)F)c1. The Morgan fingerprint density at radius 2 is 1.95 bits per heavy atom. The number of alkyl halides is 3. The summed E-state index contributed by atoms with van der Waals surface area (Å²) in [7, 11) is 0. The minimum absolute atomic E-state index is 0.183. The van der Waals surface area contributed by atoms with Crippen LogP contribution in [0.2, 0.25) is 0 Å². The monoisotopic (exact) mass is 309 g/mol. The lowest BCUT2D eigenvalue weighted by Gasteiger charge is -2.10. The van der Waals surface area contributed by atoms with E-state index in [1.807, 2.05) is 0 Å². The van der Waals surface area contributed by atoms with Gasteiger partial charge in [0.05, 0.1) is 5.56 Å². The van der Waals surface area contributed by atoms with Gasteiger partial charge in [-0.05, 0) is 44.2 Å². The van der Waals surface area contributed by atoms with Gasteiger partial charge in [-0.3, -0.25) is 4.79 Å². The van der Waals surface area contributed by atoms with Crippen molar-refractivity contribution in [3.8, 4) is 0 Å². The van der Waals surface area contributed by atoms with E-state index in [0.717, 1.165) is 12.1 Å². The minimum atomic E-state index is -4.41. The standard InChI is InChI=1S/C16H14F3NO2/c1-10(8-14(21)15-7-6-11(2)22-15)20-13-5-3-4-12(9-13)16(17,18)19/h3-9,20H,1-2H3/b10-8+. The number of rotatable bonds is 4. The quantitative estimate of drug-likeness (QED) is 0.651. The van der Waals surface area contributed by atoms with Gasteiger partial charge in [0.2, 0.25) is 5.78 Å². The molecule has 0 spiro atoms. The van der Waals surface area contributed by atoms with Crippen molar-refractivity contribution in [1.29, 1.82) is 0 Å². The Hall–Kier alpha value is -2.50. The van der Waals surface area contributed by atoms with E-state index in [4.69, 9.17) is 4.42 Å². The maximum absolute atomic E-state index is 12.6. The van der Waals surface area contributed by atoms with Gasteiger partial charge in [0, 0.05) is 17.5 Å².